The van der Waals surface area contributed by atoms with Crippen LogP contribution in [-0.2, 0) is 0 Å². The van der Waals surface area contributed by atoms with Crippen molar-refractivity contribution in [3.63, 3.8) is 0 Å². The molecule has 2 aromatic carbocycles. The van der Waals surface area contributed by atoms with Gasteiger partial charge < -0.3 is 10.4 Å². The normalized spacial score (nSPS) is 10.9. The van der Waals surface area contributed by atoms with Crippen molar-refractivity contribution in [2.24, 2.45) is 0 Å². The summed E-state index contributed by atoms with van der Waals surface area (Å²) >= 11 is 0. The third-order valence-corrected chi connectivity index (χ3v) is 4.05. The molecule has 0 aliphatic rings. The minimum absolute atomic E-state index is 0.160. The fourth-order valence-corrected chi connectivity index (χ4v) is 2.80. The Balaban J connectivity index is 1.82. The largest absolute Gasteiger partial charge is 0.477 e. The molecule has 8 nitrogen and oxygen atoms in total. The quantitative estimate of drug-likeness (QED) is 0.515. The first-order valence-electron chi connectivity index (χ1n) is 7.67. The van der Waals surface area contributed by atoms with E-state index in [-0.39, 0.29) is 5.39 Å². The number of carbonyl (C=O) groups is 2. The number of fused-ring (bicyclic) bond motifs is 2. The minimum Gasteiger partial charge on any atom is -0.477 e. The number of nitrogens with one attached hydrogen (secondary N) is 2. The van der Waals surface area contributed by atoms with Crippen LogP contribution >= 0.6 is 0 Å². The van der Waals surface area contributed by atoms with Gasteiger partial charge in [-0.2, -0.15) is 5.10 Å². The minimum atomic E-state index is -1.39. The summed E-state index contributed by atoms with van der Waals surface area (Å²) in [4.78, 5) is 36.4. The average Bonchev–Trinajstić information content (AvgIpc) is 3.09. The number of aromatic amines is 1. The summed E-state index contributed by atoms with van der Waals surface area (Å²) in [6.45, 7) is 0. The van der Waals surface area contributed by atoms with Crippen molar-refractivity contribution in [1.82, 2.24) is 14.8 Å². The molecule has 128 valence electrons. The molecule has 0 bridgehead atoms. The average molecular weight is 348 g/mol. The topological polar surface area (TPSA) is 117 Å². The second-order valence-corrected chi connectivity index (χ2v) is 5.67. The molecule has 0 spiro atoms. The van der Waals surface area contributed by atoms with Gasteiger partial charge in [0.2, 0.25) is 5.43 Å². The van der Waals surface area contributed by atoms with Gasteiger partial charge in [0.25, 0.3) is 0 Å². The van der Waals surface area contributed by atoms with E-state index in [1.165, 1.54) is 6.07 Å². The van der Waals surface area contributed by atoms with Crippen LogP contribution in [0.1, 0.15) is 10.4 Å². The molecule has 0 radical (unpaired) electrons. The number of hydrogen-bond acceptors (Lipinski definition) is 4. The molecule has 8 heteroatoms. The van der Waals surface area contributed by atoms with Crippen LogP contribution in [0.25, 0.3) is 21.8 Å². The molecule has 0 saturated carbocycles. The lowest BCUT2D eigenvalue weighted by atomic mass is 10.1. The summed E-state index contributed by atoms with van der Waals surface area (Å²) in [7, 11) is 0. The number of amides is 1. The lowest BCUT2D eigenvalue weighted by Gasteiger charge is -2.12. The molecule has 0 aliphatic heterocycles. The van der Waals surface area contributed by atoms with E-state index in [1.807, 2.05) is 0 Å². The number of pyridine rings is 1. The van der Waals surface area contributed by atoms with Gasteiger partial charge >= 0.3 is 12.0 Å². The van der Waals surface area contributed by atoms with Crippen LogP contribution in [-0.4, -0.2) is 31.9 Å². The van der Waals surface area contributed by atoms with E-state index in [9.17, 15) is 19.5 Å². The first-order valence-corrected chi connectivity index (χ1v) is 7.67. The zero-order valence-electron chi connectivity index (χ0n) is 13.3. The first-order chi connectivity index (χ1) is 12.5. The molecule has 1 amide bonds. The summed E-state index contributed by atoms with van der Waals surface area (Å²) in [6.07, 6.45) is 2.67. The smallest absolute Gasteiger partial charge is 0.341 e. The van der Waals surface area contributed by atoms with E-state index in [4.69, 9.17) is 0 Å². The van der Waals surface area contributed by atoms with Gasteiger partial charge in [-0.1, -0.05) is 12.1 Å². The van der Waals surface area contributed by atoms with Crippen molar-refractivity contribution >= 4 is 39.5 Å². The molecule has 26 heavy (non-hydrogen) atoms. The molecule has 2 aromatic heterocycles. The van der Waals surface area contributed by atoms with Crippen molar-refractivity contribution < 1.29 is 14.7 Å². The third-order valence-electron chi connectivity index (χ3n) is 4.05. The van der Waals surface area contributed by atoms with Crippen molar-refractivity contribution in [3.8, 4) is 0 Å². The molecular formula is C18H12N4O4. The second-order valence-electron chi connectivity index (χ2n) is 5.67. The number of aromatic nitrogens is 3. The van der Waals surface area contributed by atoms with Gasteiger partial charge in [-0.05, 0) is 30.3 Å². The number of aromatic carboxylic acids is 1. The van der Waals surface area contributed by atoms with E-state index >= 15 is 0 Å². The number of anilines is 1. The van der Waals surface area contributed by atoms with Gasteiger partial charge in [-0.15, -0.1) is 0 Å². The number of carboxylic acids is 1. The highest BCUT2D eigenvalue weighted by molar-refractivity contribution is 6.01. The van der Waals surface area contributed by atoms with Crippen LogP contribution < -0.4 is 10.7 Å². The Labute approximate surface area is 145 Å². The maximum absolute atomic E-state index is 12.7. The molecule has 3 N–H and O–H groups in total. The van der Waals surface area contributed by atoms with Crippen molar-refractivity contribution in [2.75, 3.05) is 5.32 Å². The summed E-state index contributed by atoms with van der Waals surface area (Å²) in [5.74, 6) is -1.39. The summed E-state index contributed by atoms with van der Waals surface area (Å²) in [6, 6.07) is 11.0. The number of hydrogen-bond donors (Lipinski definition) is 3. The van der Waals surface area contributed by atoms with Gasteiger partial charge in [0.1, 0.15) is 5.56 Å². The second kappa shape index (κ2) is 5.85. The van der Waals surface area contributed by atoms with Crippen LogP contribution in [0.4, 0.5) is 10.5 Å². The number of nitrogens with zero attached hydrogens (tertiary/aromatic N) is 2. The Morgan fingerprint density at radius 3 is 2.77 bits per heavy atom. The Morgan fingerprint density at radius 2 is 1.96 bits per heavy atom. The van der Waals surface area contributed by atoms with Crippen LogP contribution in [0.2, 0.25) is 0 Å². The van der Waals surface area contributed by atoms with E-state index in [1.54, 1.807) is 42.6 Å². The fraction of sp³-hybridized carbons (Fsp3) is 0. The molecule has 0 saturated heterocycles. The summed E-state index contributed by atoms with van der Waals surface area (Å²) in [5.41, 5.74) is 0.569. The zero-order valence-corrected chi connectivity index (χ0v) is 13.3. The van der Waals surface area contributed by atoms with Gasteiger partial charge in [0.15, 0.2) is 0 Å². The lowest BCUT2D eigenvalue weighted by molar-refractivity contribution is 0.0695. The predicted molar refractivity (Wildman–Crippen MR) is 95.7 cm³/mol. The van der Waals surface area contributed by atoms with Gasteiger partial charge in [0, 0.05) is 22.7 Å². The molecule has 0 atom stereocenters. The van der Waals surface area contributed by atoms with Crippen molar-refractivity contribution in [2.45, 2.75) is 0 Å². The predicted octanol–water partition coefficient (Wildman–Crippen LogP) is 2.66. The Morgan fingerprint density at radius 1 is 1.15 bits per heavy atom. The highest BCUT2D eigenvalue weighted by Gasteiger charge is 2.17. The molecule has 4 rings (SSSR count). The van der Waals surface area contributed by atoms with E-state index in [0.717, 1.165) is 21.7 Å². The molecule has 0 unspecified atom stereocenters. The summed E-state index contributed by atoms with van der Waals surface area (Å²) < 4.78 is 1.12. The first kappa shape index (κ1) is 15.6. The summed E-state index contributed by atoms with van der Waals surface area (Å²) in [5, 5.41) is 19.7. The van der Waals surface area contributed by atoms with Gasteiger partial charge in [-0.25, -0.2) is 9.59 Å². The van der Waals surface area contributed by atoms with Crippen molar-refractivity contribution in [1.29, 1.82) is 0 Å². The molecule has 4 aromatic rings. The van der Waals surface area contributed by atoms with Gasteiger partial charge in [0.05, 0.1) is 17.2 Å². The molecular weight excluding hydrogens is 336 g/mol. The Hall–Kier alpha value is -3.94. The SMILES string of the molecule is O=C(O)c1cn(C(=O)Nc2ccc3[nH]ncc3c2)c2ccccc2c1=O. The highest BCUT2D eigenvalue weighted by atomic mass is 16.4. The van der Waals surface area contributed by atoms with Crippen LogP contribution in [0, 0.1) is 0 Å². The fourth-order valence-electron chi connectivity index (χ4n) is 2.80. The molecule has 0 aliphatic carbocycles. The Kier molecular flexibility index (Phi) is 3.51. The monoisotopic (exact) mass is 348 g/mol. The number of H-pyrrole nitrogens is 1. The van der Waals surface area contributed by atoms with E-state index in [2.05, 4.69) is 15.5 Å². The standard InChI is InChI=1S/C18H12N4O4/c23-16-12-3-1-2-4-15(12)22(9-13(16)17(24)25)18(26)20-11-5-6-14-10(7-11)8-19-21-14/h1-9H,(H,19,21)(H,20,26)(H,24,25). The third kappa shape index (κ3) is 2.49. The maximum Gasteiger partial charge on any atom is 0.341 e. The lowest BCUT2D eigenvalue weighted by Crippen LogP contribution is -2.25. The van der Waals surface area contributed by atoms with Crippen LogP contribution in [0.15, 0.2) is 59.7 Å². The van der Waals surface area contributed by atoms with E-state index in [0.29, 0.717) is 11.2 Å². The van der Waals surface area contributed by atoms with Crippen molar-refractivity contribution in [3.05, 3.63) is 70.6 Å². The molecule has 2 heterocycles. The number of carbonyl (C=O) groups excluding carboxylic acids is 1. The van der Waals surface area contributed by atoms with Gasteiger partial charge in [-0.3, -0.25) is 14.5 Å². The highest BCUT2D eigenvalue weighted by Crippen LogP contribution is 2.18. The Bertz CT molecular complexity index is 1240. The number of rotatable bonds is 2. The van der Waals surface area contributed by atoms with Crippen LogP contribution in [0.5, 0.6) is 0 Å². The molecule has 0 fully saturated rings. The number of carboxylic acid groups (broad SMARTS) is 1. The number of para-hydroxylation sites is 1. The maximum atomic E-state index is 12.7. The zero-order chi connectivity index (χ0) is 18.3. The number of benzene rings is 2. The van der Waals surface area contributed by atoms with Crippen LogP contribution in [0.3, 0.4) is 0 Å². The van der Waals surface area contributed by atoms with E-state index < -0.39 is 23.0 Å².